The van der Waals surface area contributed by atoms with E-state index < -0.39 is 0 Å². The van der Waals surface area contributed by atoms with Gasteiger partial charge in [0.15, 0.2) is 17.3 Å². The highest BCUT2D eigenvalue weighted by molar-refractivity contribution is 5.39. The molecule has 4 nitrogen and oxygen atoms in total. The summed E-state index contributed by atoms with van der Waals surface area (Å²) >= 11 is 0. The lowest BCUT2D eigenvalue weighted by Crippen LogP contribution is -2.12. The first-order valence-electron chi connectivity index (χ1n) is 6.58. The van der Waals surface area contributed by atoms with Crippen LogP contribution in [0.5, 0.6) is 11.5 Å². The second-order valence-electron chi connectivity index (χ2n) is 4.93. The predicted molar refractivity (Wildman–Crippen MR) is 76.6 cm³/mol. The minimum Gasteiger partial charge on any atom is -0.450 e. The largest absolute Gasteiger partial charge is 0.450 e. The molecular weight excluding hydrogens is 257 g/mol. The summed E-state index contributed by atoms with van der Waals surface area (Å²) in [6.45, 7) is 5.72. The van der Waals surface area contributed by atoms with Gasteiger partial charge in [-0.15, -0.1) is 0 Å². The number of nitrogens with one attached hydrogen (secondary N) is 1. The van der Waals surface area contributed by atoms with Crippen LogP contribution in [-0.4, -0.2) is 16.8 Å². The molecule has 0 bridgehead atoms. The molecule has 0 aliphatic carbocycles. The van der Waals surface area contributed by atoms with E-state index in [4.69, 9.17) is 4.74 Å². The van der Waals surface area contributed by atoms with E-state index in [-0.39, 0.29) is 17.6 Å². The number of aromatic nitrogens is 2. The van der Waals surface area contributed by atoms with E-state index in [0.29, 0.717) is 5.75 Å². The second-order valence-corrected chi connectivity index (χ2v) is 4.93. The maximum Gasteiger partial charge on any atom is 0.171 e. The molecule has 1 aromatic carbocycles. The van der Waals surface area contributed by atoms with Gasteiger partial charge < -0.3 is 10.1 Å². The highest BCUT2D eigenvalue weighted by atomic mass is 19.1. The molecule has 1 N–H and O–H groups in total. The Morgan fingerprint density at radius 3 is 2.55 bits per heavy atom. The van der Waals surface area contributed by atoms with Crippen molar-refractivity contribution in [1.82, 2.24) is 15.1 Å². The fourth-order valence-electron chi connectivity index (χ4n) is 2.05. The van der Waals surface area contributed by atoms with E-state index >= 15 is 0 Å². The van der Waals surface area contributed by atoms with Crippen LogP contribution in [0.1, 0.15) is 29.9 Å². The molecule has 2 rings (SSSR count). The maximum absolute atomic E-state index is 14.1. The third kappa shape index (κ3) is 2.67. The highest BCUT2D eigenvalue weighted by Gasteiger charge is 2.15. The van der Waals surface area contributed by atoms with Gasteiger partial charge in [0.1, 0.15) is 5.69 Å². The summed E-state index contributed by atoms with van der Waals surface area (Å²) in [5, 5.41) is 7.33. The zero-order valence-electron chi connectivity index (χ0n) is 12.5. The third-order valence-electron chi connectivity index (χ3n) is 3.54. The Morgan fingerprint density at radius 2 is 2.05 bits per heavy atom. The summed E-state index contributed by atoms with van der Waals surface area (Å²) in [6.07, 6.45) is 0. The first kappa shape index (κ1) is 14.5. The van der Waals surface area contributed by atoms with E-state index in [1.807, 2.05) is 40.9 Å². The van der Waals surface area contributed by atoms with Crippen molar-refractivity contribution >= 4 is 0 Å². The van der Waals surface area contributed by atoms with Crippen LogP contribution < -0.4 is 10.1 Å². The summed E-state index contributed by atoms with van der Waals surface area (Å²) in [5.74, 6) is 0.462. The molecule has 108 valence electrons. The van der Waals surface area contributed by atoms with E-state index in [2.05, 4.69) is 10.4 Å². The van der Waals surface area contributed by atoms with Crippen LogP contribution in [0.4, 0.5) is 4.39 Å². The van der Waals surface area contributed by atoms with Crippen LogP contribution >= 0.6 is 0 Å². The zero-order chi connectivity index (χ0) is 14.9. The summed E-state index contributed by atoms with van der Waals surface area (Å²) < 4.78 is 21.5. The van der Waals surface area contributed by atoms with Gasteiger partial charge in [0.2, 0.25) is 0 Å². The smallest absolute Gasteiger partial charge is 0.171 e. The van der Waals surface area contributed by atoms with Gasteiger partial charge in [0, 0.05) is 13.1 Å². The Kier molecular flexibility index (Phi) is 4.09. The average molecular weight is 277 g/mol. The minimum atomic E-state index is -0.368. The summed E-state index contributed by atoms with van der Waals surface area (Å²) in [4.78, 5) is 0. The van der Waals surface area contributed by atoms with Crippen molar-refractivity contribution in [2.75, 3.05) is 7.05 Å². The van der Waals surface area contributed by atoms with E-state index in [1.165, 1.54) is 6.07 Å². The van der Waals surface area contributed by atoms with Crippen molar-refractivity contribution in [3.63, 3.8) is 0 Å². The molecule has 0 saturated heterocycles. The summed E-state index contributed by atoms with van der Waals surface area (Å²) in [6, 6.07) is 5.11. The van der Waals surface area contributed by atoms with E-state index in [1.54, 1.807) is 10.7 Å². The lowest BCUT2D eigenvalue weighted by atomic mass is 10.1. The molecule has 1 atom stereocenters. The highest BCUT2D eigenvalue weighted by Crippen LogP contribution is 2.30. The summed E-state index contributed by atoms with van der Waals surface area (Å²) in [5.41, 5.74) is 2.50. The van der Waals surface area contributed by atoms with Crippen LogP contribution in [0.15, 0.2) is 18.2 Å². The first-order valence-corrected chi connectivity index (χ1v) is 6.58. The molecular formula is C15H20FN3O. The molecule has 5 heteroatoms. The van der Waals surface area contributed by atoms with Gasteiger partial charge in [-0.05, 0) is 45.5 Å². The fourth-order valence-corrected chi connectivity index (χ4v) is 2.05. The molecule has 1 aromatic heterocycles. The number of benzene rings is 1. The van der Waals surface area contributed by atoms with Crippen molar-refractivity contribution in [1.29, 1.82) is 0 Å². The van der Waals surface area contributed by atoms with Crippen LogP contribution in [0.2, 0.25) is 0 Å². The fraction of sp³-hybridized carbons (Fsp3) is 0.400. The molecule has 0 saturated carbocycles. The van der Waals surface area contributed by atoms with Gasteiger partial charge in [-0.3, -0.25) is 4.68 Å². The van der Waals surface area contributed by atoms with Crippen LogP contribution in [0, 0.1) is 19.7 Å². The van der Waals surface area contributed by atoms with Gasteiger partial charge in [0.25, 0.3) is 0 Å². The average Bonchev–Trinajstić information content (AvgIpc) is 2.66. The van der Waals surface area contributed by atoms with Gasteiger partial charge in [-0.2, -0.15) is 5.10 Å². The van der Waals surface area contributed by atoms with Gasteiger partial charge >= 0.3 is 0 Å². The second kappa shape index (κ2) is 5.63. The molecule has 0 aliphatic rings. The number of halogens is 1. The molecule has 0 aliphatic heterocycles. The lowest BCUT2D eigenvalue weighted by Gasteiger charge is -2.13. The maximum atomic E-state index is 14.1. The van der Waals surface area contributed by atoms with Crippen LogP contribution in [0.25, 0.3) is 0 Å². The number of ether oxygens (including phenoxy) is 1. The van der Waals surface area contributed by atoms with E-state index in [0.717, 1.165) is 17.0 Å². The minimum absolute atomic E-state index is 0.0976. The monoisotopic (exact) mass is 277 g/mol. The van der Waals surface area contributed by atoms with Crippen molar-refractivity contribution in [2.24, 2.45) is 7.05 Å². The summed E-state index contributed by atoms with van der Waals surface area (Å²) in [7, 11) is 3.68. The zero-order valence-corrected chi connectivity index (χ0v) is 12.5. The predicted octanol–water partition coefficient (Wildman–Crippen LogP) is 3.25. The molecule has 20 heavy (non-hydrogen) atoms. The van der Waals surface area contributed by atoms with Gasteiger partial charge in [-0.25, -0.2) is 4.39 Å². The van der Waals surface area contributed by atoms with Crippen molar-refractivity contribution < 1.29 is 9.13 Å². The van der Waals surface area contributed by atoms with Crippen LogP contribution in [0.3, 0.4) is 0 Å². The van der Waals surface area contributed by atoms with Gasteiger partial charge in [0.05, 0.1) is 5.69 Å². The van der Waals surface area contributed by atoms with Crippen molar-refractivity contribution in [3.8, 4) is 11.5 Å². The Hall–Kier alpha value is -1.88. The third-order valence-corrected chi connectivity index (χ3v) is 3.54. The number of nitrogens with zero attached hydrogens (tertiary/aromatic N) is 2. The molecule has 1 heterocycles. The molecule has 2 aromatic rings. The Labute approximate surface area is 118 Å². The first-order chi connectivity index (χ1) is 9.43. The van der Waals surface area contributed by atoms with Gasteiger partial charge in [-0.1, -0.05) is 6.07 Å². The molecule has 0 amide bonds. The van der Waals surface area contributed by atoms with Crippen molar-refractivity contribution in [3.05, 3.63) is 41.0 Å². The molecule has 0 spiro atoms. The Balaban J connectivity index is 2.30. The SMILES string of the molecule is CNC(C)c1ccc(Oc2c(C)nn(C)c2C)c(F)c1. The quantitative estimate of drug-likeness (QED) is 0.932. The Morgan fingerprint density at radius 1 is 1.35 bits per heavy atom. The van der Waals surface area contributed by atoms with Crippen molar-refractivity contribution in [2.45, 2.75) is 26.8 Å². The van der Waals surface area contributed by atoms with E-state index in [9.17, 15) is 4.39 Å². The van der Waals surface area contributed by atoms with Crippen LogP contribution in [-0.2, 0) is 7.05 Å². The topological polar surface area (TPSA) is 39.1 Å². The number of rotatable bonds is 4. The molecule has 0 radical (unpaired) electrons. The molecule has 0 fully saturated rings. The normalized spacial score (nSPS) is 12.5. The number of hydrogen-bond acceptors (Lipinski definition) is 3. The standard InChI is InChI=1S/C15H20FN3O/c1-9(17-4)12-6-7-14(13(16)8-12)20-15-10(2)18-19(5)11(15)3/h6-9,17H,1-5H3. The Bertz CT molecular complexity index is 622. The molecule has 1 unspecified atom stereocenters. The number of aryl methyl sites for hydroxylation is 2. The lowest BCUT2D eigenvalue weighted by molar-refractivity contribution is 0.435. The number of hydrogen-bond donors (Lipinski definition) is 1.